The quantitative estimate of drug-likeness (QED) is 0.917. The van der Waals surface area contributed by atoms with Gasteiger partial charge in [0.05, 0.1) is 7.11 Å². The zero-order chi connectivity index (χ0) is 11.8. The van der Waals surface area contributed by atoms with E-state index in [4.69, 9.17) is 10.5 Å². The molecule has 0 amide bonds. The first kappa shape index (κ1) is 13.2. The van der Waals surface area contributed by atoms with Crippen molar-refractivity contribution >= 4 is 23.2 Å². The molecule has 96 valence electrons. The van der Waals surface area contributed by atoms with Crippen LogP contribution in [0.4, 0.5) is 0 Å². The summed E-state index contributed by atoms with van der Waals surface area (Å²) in [7, 11) is 1.72. The summed E-state index contributed by atoms with van der Waals surface area (Å²) >= 11 is 0. The molecule has 0 aromatic heterocycles. The molecule has 0 unspecified atom stereocenters. The number of rotatable bonds is 3. The maximum atomic E-state index is 6.36. The fraction of sp³-hybridized carbons (Fsp3) is 0.333. The van der Waals surface area contributed by atoms with E-state index in [0.29, 0.717) is 5.92 Å². The van der Waals surface area contributed by atoms with Gasteiger partial charge in [-0.2, -0.15) is 0 Å². The average molecular weight is 264 g/mol. The smallest absolute Gasteiger partial charge is 0.124 e. The van der Waals surface area contributed by atoms with Crippen LogP contribution in [0.15, 0.2) is 36.4 Å². The topological polar surface area (TPSA) is 35.2 Å². The minimum atomic E-state index is 0. The van der Waals surface area contributed by atoms with E-state index >= 15 is 0 Å². The fourth-order valence-corrected chi connectivity index (χ4v) is 2.49. The van der Waals surface area contributed by atoms with Gasteiger partial charge in [-0.25, -0.2) is 0 Å². The Bertz CT molecular complexity index is 551. The lowest BCUT2D eigenvalue weighted by Gasteiger charge is -2.17. The van der Waals surface area contributed by atoms with Crippen molar-refractivity contribution in [1.29, 1.82) is 0 Å². The highest BCUT2D eigenvalue weighted by molar-refractivity contribution is 5.88. The average Bonchev–Trinajstić information content (AvgIpc) is 3.20. The van der Waals surface area contributed by atoms with E-state index in [1.54, 1.807) is 7.11 Å². The first-order valence-electron chi connectivity index (χ1n) is 6.12. The molecule has 18 heavy (non-hydrogen) atoms. The van der Waals surface area contributed by atoms with Crippen LogP contribution in [0.2, 0.25) is 0 Å². The molecule has 1 fully saturated rings. The largest absolute Gasteiger partial charge is 0.496 e. The Kier molecular flexibility index (Phi) is 3.79. The summed E-state index contributed by atoms with van der Waals surface area (Å²) in [5.74, 6) is 1.55. The predicted molar refractivity (Wildman–Crippen MR) is 77.4 cm³/mol. The highest BCUT2D eigenvalue weighted by Gasteiger charge is 2.32. The monoisotopic (exact) mass is 263 g/mol. The molecule has 1 aliphatic rings. The van der Waals surface area contributed by atoms with Crippen LogP contribution in [0, 0.1) is 5.92 Å². The summed E-state index contributed by atoms with van der Waals surface area (Å²) in [4.78, 5) is 0. The van der Waals surface area contributed by atoms with Crippen molar-refractivity contribution < 1.29 is 4.74 Å². The maximum Gasteiger partial charge on any atom is 0.124 e. The molecule has 0 aliphatic heterocycles. The second-order valence-electron chi connectivity index (χ2n) is 4.77. The molecule has 0 bridgehead atoms. The predicted octanol–water partition coefficient (Wildman–Crippen LogP) is 3.68. The third-order valence-electron chi connectivity index (χ3n) is 3.61. The number of ether oxygens (including phenoxy) is 1. The van der Waals surface area contributed by atoms with E-state index in [1.165, 1.54) is 29.2 Å². The fourth-order valence-electron chi connectivity index (χ4n) is 2.49. The molecule has 1 atom stereocenters. The molecule has 0 spiro atoms. The maximum absolute atomic E-state index is 6.36. The second kappa shape index (κ2) is 5.17. The van der Waals surface area contributed by atoms with Crippen molar-refractivity contribution in [2.75, 3.05) is 7.11 Å². The molecule has 2 aromatic rings. The van der Waals surface area contributed by atoms with Gasteiger partial charge in [-0.05, 0) is 35.6 Å². The van der Waals surface area contributed by atoms with E-state index in [0.717, 1.165) is 5.75 Å². The second-order valence-corrected chi connectivity index (χ2v) is 4.77. The number of benzene rings is 2. The van der Waals surface area contributed by atoms with Crippen molar-refractivity contribution in [3.8, 4) is 5.75 Å². The van der Waals surface area contributed by atoms with Gasteiger partial charge >= 0.3 is 0 Å². The number of fused-ring (bicyclic) bond motifs is 1. The molecule has 2 nitrogen and oxygen atoms in total. The number of halogens is 1. The van der Waals surface area contributed by atoms with Crippen LogP contribution in [-0.2, 0) is 0 Å². The van der Waals surface area contributed by atoms with E-state index in [1.807, 2.05) is 6.07 Å². The number of hydrogen-bond donors (Lipinski definition) is 1. The summed E-state index contributed by atoms with van der Waals surface area (Å²) in [5, 5.41) is 2.46. The minimum Gasteiger partial charge on any atom is -0.496 e. The van der Waals surface area contributed by atoms with Gasteiger partial charge in [-0.15, -0.1) is 12.4 Å². The Morgan fingerprint density at radius 3 is 2.56 bits per heavy atom. The Labute approximate surface area is 114 Å². The summed E-state index contributed by atoms with van der Waals surface area (Å²) < 4.78 is 5.47. The molecule has 2 aromatic carbocycles. The number of hydrogen-bond acceptors (Lipinski definition) is 2. The molecule has 2 N–H and O–H groups in total. The first-order valence-corrected chi connectivity index (χ1v) is 6.12. The van der Waals surface area contributed by atoms with Crippen LogP contribution in [0.25, 0.3) is 10.8 Å². The third-order valence-corrected chi connectivity index (χ3v) is 3.61. The van der Waals surface area contributed by atoms with Gasteiger partial charge in [0.2, 0.25) is 0 Å². The Morgan fingerprint density at radius 1 is 1.17 bits per heavy atom. The summed E-state index contributed by atoms with van der Waals surface area (Å²) in [6.45, 7) is 0. The van der Waals surface area contributed by atoms with Crippen molar-refractivity contribution in [1.82, 2.24) is 0 Å². The molecule has 3 heteroatoms. The molecule has 0 heterocycles. The highest BCUT2D eigenvalue weighted by Crippen LogP contribution is 2.44. The highest BCUT2D eigenvalue weighted by atomic mass is 35.5. The van der Waals surface area contributed by atoms with Gasteiger partial charge in [-0.1, -0.05) is 30.3 Å². The SMILES string of the molecule is COc1ccc2ccccc2c1[C@@H](N)C1CC1.Cl. The summed E-state index contributed by atoms with van der Waals surface area (Å²) in [6.07, 6.45) is 2.49. The van der Waals surface area contributed by atoms with Crippen LogP contribution < -0.4 is 10.5 Å². The van der Waals surface area contributed by atoms with Crippen LogP contribution in [0.1, 0.15) is 24.4 Å². The van der Waals surface area contributed by atoms with Crippen molar-refractivity contribution in [2.45, 2.75) is 18.9 Å². The van der Waals surface area contributed by atoms with Crippen molar-refractivity contribution in [2.24, 2.45) is 11.7 Å². The van der Waals surface area contributed by atoms with E-state index in [2.05, 4.69) is 30.3 Å². The standard InChI is InChI=1S/C15H17NO.ClH/c1-17-13-9-8-10-4-2-3-5-12(10)14(13)15(16)11-6-7-11;/h2-5,8-9,11,15H,6-7,16H2,1H3;1H/t15-;/m0./s1. The molecule has 0 radical (unpaired) electrons. The molecular formula is C15H18ClNO. The van der Waals surface area contributed by atoms with E-state index in [9.17, 15) is 0 Å². The Balaban J connectivity index is 0.00000120. The molecule has 1 aliphatic carbocycles. The minimum absolute atomic E-state index is 0. The Morgan fingerprint density at radius 2 is 1.89 bits per heavy atom. The van der Waals surface area contributed by atoms with E-state index < -0.39 is 0 Å². The van der Waals surface area contributed by atoms with E-state index in [-0.39, 0.29) is 18.4 Å². The van der Waals surface area contributed by atoms with Gasteiger partial charge in [0, 0.05) is 11.6 Å². The van der Waals surface area contributed by atoms with Gasteiger partial charge in [-0.3, -0.25) is 0 Å². The van der Waals surface area contributed by atoms with Crippen molar-refractivity contribution in [3.63, 3.8) is 0 Å². The third kappa shape index (κ3) is 2.18. The van der Waals surface area contributed by atoms with Gasteiger partial charge in [0.25, 0.3) is 0 Å². The van der Waals surface area contributed by atoms with Gasteiger partial charge < -0.3 is 10.5 Å². The Hall–Kier alpha value is -1.25. The normalized spacial score (nSPS) is 16.1. The summed E-state index contributed by atoms with van der Waals surface area (Å²) in [5.41, 5.74) is 7.54. The molecule has 3 rings (SSSR count). The number of methoxy groups -OCH3 is 1. The lowest BCUT2D eigenvalue weighted by atomic mass is 9.95. The van der Waals surface area contributed by atoms with Crippen LogP contribution in [0.5, 0.6) is 5.75 Å². The lowest BCUT2D eigenvalue weighted by Crippen LogP contribution is -2.14. The zero-order valence-electron chi connectivity index (χ0n) is 10.4. The number of nitrogens with two attached hydrogens (primary N) is 1. The van der Waals surface area contributed by atoms with Crippen LogP contribution in [-0.4, -0.2) is 7.11 Å². The van der Waals surface area contributed by atoms with Gasteiger partial charge in [0.1, 0.15) is 5.75 Å². The summed E-state index contributed by atoms with van der Waals surface area (Å²) in [6, 6.07) is 12.6. The molecule has 0 saturated heterocycles. The van der Waals surface area contributed by atoms with Gasteiger partial charge in [0.15, 0.2) is 0 Å². The van der Waals surface area contributed by atoms with Crippen LogP contribution in [0.3, 0.4) is 0 Å². The first-order chi connectivity index (χ1) is 8.31. The molecule has 1 saturated carbocycles. The zero-order valence-corrected chi connectivity index (χ0v) is 11.2. The molecular weight excluding hydrogens is 246 g/mol. The van der Waals surface area contributed by atoms with Crippen molar-refractivity contribution in [3.05, 3.63) is 42.0 Å². The van der Waals surface area contributed by atoms with Crippen LogP contribution >= 0.6 is 12.4 Å². The lowest BCUT2D eigenvalue weighted by molar-refractivity contribution is 0.404.